The van der Waals surface area contributed by atoms with Crippen molar-refractivity contribution in [3.05, 3.63) is 50.2 Å². The van der Waals surface area contributed by atoms with Gasteiger partial charge in [0.25, 0.3) is 5.69 Å². The van der Waals surface area contributed by atoms with E-state index in [4.69, 9.17) is 34.8 Å². The van der Waals surface area contributed by atoms with E-state index in [9.17, 15) is 10.1 Å². The third kappa shape index (κ3) is 2.43. The minimum Gasteiger partial charge on any atom is -0.258 e. The van der Waals surface area contributed by atoms with Crippen LogP contribution in [0.2, 0.25) is 10.0 Å². The summed E-state index contributed by atoms with van der Waals surface area (Å²) in [6.07, 6.45) is 1.56. The average molecular weight is 307 g/mol. The van der Waals surface area contributed by atoms with Crippen molar-refractivity contribution < 1.29 is 4.92 Å². The number of alkyl halides is 1. The van der Waals surface area contributed by atoms with Gasteiger partial charge in [0.05, 0.1) is 21.5 Å². The molecule has 8 heteroatoms. The van der Waals surface area contributed by atoms with Crippen LogP contribution in [0.3, 0.4) is 0 Å². The molecule has 0 atom stereocenters. The first-order valence-electron chi connectivity index (χ1n) is 4.77. The topological polar surface area (TPSA) is 61.0 Å². The third-order valence-electron chi connectivity index (χ3n) is 2.22. The number of hydrogen-bond acceptors (Lipinski definition) is 3. The molecule has 1 aromatic carbocycles. The van der Waals surface area contributed by atoms with Crippen LogP contribution in [0, 0.1) is 10.1 Å². The van der Waals surface area contributed by atoms with Crippen LogP contribution in [0.5, 0.6) is 0 Å². The van der Waals surface area contributed by atoms with E-state index >= 15 is 0 Å². The Bertz CT molecular complexity index is 612. The van der Waals surface area contributed by atoms with Crippen molar-refractivity contribution in [3.8, 4) is 5.69 Å². The Kier molecular flexibility index (Phi) is 3.75. The highest BCUT2D eigenvalue weighted by atomic mass is 35.5. The molecule has 5 nitrogen and oxygen atoms in total. The summed E-state index contributed by atoms with van der Waals surface area (Å²) in [4.78, 5) is 10.4. The second-order valence-electron chi connectivity index (χ2n) is 3.40. The smallest absolute Gasteiger partial charge is 0.258 e. The lowest BCUT2D eigenvalue weighted by Crippen LogP contribution is -2.02. The molecule has 2 aromatic rings. The number of nitrogens with zero attached hydrogens (tertiary/aromatic N) is 3. The minimum atomic E-state index is -0.560. The van der Waals surface area contributed by atoms with E-state index in [1.807, 2.05) is 0 Å². The Morgan fingerprint density at radius 3 is 2.67 bits per heavy atom. The molecule has 0 spiro atoms. The monoisotopic (exact) mass is 305 g/mol. The fraction of sp³-hybridized carbons (Fsp3) is 0.100. The maximum Gasteiger partial charge on any atom is 0.297 e. The van der Waals surface area contributed by atoms with Gasteiger partial charge in [-0.2, -0.15) is 5.10 Å². The van der Waals surface area contributed by atoms with Crippen LogP contribution in [-0.2, 0) is 5.88 Å². The van der Waals surface area contributed by atoms with E-state index in [1.165, 1.54) is 16.8 Å². The van der Waals surface area contributed by atoms with E-state index in [0.717, 1.165) is 0 Å². The molecule has 0 fully saturated rings. The fourth-order valence-corrected chi connectivity index (χ4v) is 2.19. The lowest BCUT2D eigenvalue weighted by molar-refractivity contribution is -0.384. The largest absolute Gasteiger partial charge is 0.297 e. The fourth-order valence-electron chi connectivity index (χ4n) is 1.48. The van der Waals surface area contributed by atoms with Crippen molar-refractivity contribution in [1.29, 1.82) is 0 Å². The first-order valence-corrected chi connectivity index (χ1v) is 6.06. The molecule has 1 aromatic heterocycles. The van der Waals surface area contributed by atoms with Crippen LogP contribution in [0.4, 0.5) is 5.69 Å². The zero-order valence-electron chi connectivity index (χ0n) is 8.81. The molecular weight excluding hydrogens is 300 g/mol. The Hall–Kier alpha value is -1.30. The average Bonchev–Trinajstić information content (AvgIpc) is 2.76. The molecule has 1 heterocycles. The first-order chi connectivity index (χ1) is 8.52. The molecule has 0 unspecified atom stereocenters. The highest BCUT2D eigenvalue weighted by molar-refractivity contribution is 6.36. The van der Waals surface area contributed by atoms with Gasteiger partial charge in [0.15, 0.2) is 5.69 Å². The van der Waals surface area contributed by atoms with Gasteiger partial charge in [-0.15, -0.1) is 11.6 Å². The standard InChI is InChI=1S/C10H6Cl3N3O2/c11-5-7-1-2-15(14-7)10-8(13)3-6(12)4-9(10)16(17)18/h1-4H,5H2. The Morgan fingerprint density at radius 1 is 1.39 bits per heavy atom. The highest BCUT2D eigenvalue weighted by Gasteiger charge is 2.21. The molecular formula is C10H6Cl3N3O2. The van der Waals surface area contributed by atoms with Crippen LogP contribution >= 0.6 is 34.8 Å². The zero-order valence-corrected chi connectivity index (χ0v) is 11.1. The Balaban J connectivity index is 2.65. The molecule has 0 saturated heterocycles. The lowest BCUT2D eigenvalue weighted by Gasteiger charge is -2.06. The second kappa shape index (κ2) is 5.14. The minimum absolute atomic E-state index is 0.151. The van der Waals surface area contributed by atoms with Gasteiger partial charge in [-0.25, -0.2) is 4.68 Å². The molecule has 0 saturated carbocycles. The summed E-state index contributed by atoms with van der Waals surface area (Å²) in [6.45, 7) is 0. The summed E-state index contributed by atoms with van der Waals surface area (Å²) in [6, 6.07) is 4.31. The summed E-state index contributed by atoms with van der Waals surface area (Å²) >= 11 is 17.4. The zero-order chi connectivity index (χ0) is 13.3. The van der Waals surface area contributed by atoms with Crippen LogP contribution in [0.25, 0.3) is 5.69 Å². The van der Waals surface area contributed by atoms with Gasteiger partial charge in [0.1, 0.15) is 0 Å². The number of nitro groups is 1. The third-order valence-corrected chi connectivity index (χ3v) is 3.00. The van der Waals surface area contributed by atoms with E-state index < -0.39 is 4.92 Å². The van der Waals surface area contributed by atoms with Crippen LogP contribution in [-0.4, -0.2) is 14.7 Å². The van der Waals surface area contributed by atoms with Gasteiger partial charge in [-0.05, 0) is 12.1 Å². The Morgan fingerprint density at radius 2 is 2.11 bits per heavy atom. The summed E-state index contributed by atoms with van der Waals surface area (Å²) in [5, 5.41) is 15.4. The molecule has 0 bridgehead atoms. The summed E-state index contributed by atoms with van der Waals surface area (Å²) in [5.74, 6) is 0.214. The van der Waals surface area contributed by atoms with Crippen LogP contribution in [0.15, 0.2) is 24.4 Å². The second-order valence-corrected chi connectivity index (χ2v) is 4.51. The van der Waals surface area contributed by atoms with Crippen molar-refractivity contribution in [2.24, 2.45) is 0 Å². The van der Waals surface area contributed by atoms with Crippen molar-refractivity contribution in [2.45, 2.75) is 5.88 Å². The van der Waals surface area contributed by atoms with E-state index in [-0.39, 0.29) is 27.3 Å². The predicted octanol–water partition coefficient (Wildman–Crippen LogP) is 3.83. The maximum absolute atomic E-state index is 11.0. The van der Waals surface area contributed by atoms with Crippen molar-refractivity contribution in [3.63, 3.8) is 0 Å². The number of benzene rings is 1. The molecule has 18 heavy (non-hydrogen) atoms. The summed E-state index contributed by atoms with van der Waals surface area (Å²) in [7, 11) is 0. The first kappa shape index (κ1) is 13.1. The van der Waals surface area contributed by atoms with E-state index in [2.05, 4.69) is 5.10 Å². The quantitative estimate of drug-likeness (QED) is 0.492. The Labute approximate surface area is 117 Å². The van der Waals surface area contributed by atoms with Gasteiger partial charge in [-0.1, -0.05) is 23.2 Å². The number of nitro benzene ring substituents is 1. The normalized spacial score (nSPS) is 10.6. The van der Waals surface area contributed by atoms with E-state index in [1.54, 1.807) is 12.3 Å². The molecule has 0 aliphatic heterocycles. The van der Waals surface area contributed by atoms with Crippen molar-refractivity contribution >= 4 is 40.5 Å². The predicted molar refractivity (Wildman–Crippen MR) is 69.8 cm³/mol. The van der Waals surface area contributed by atoms with Crippen LogP contribution < -0.4 is 0 Å². The number of hydrogen-bond donors (Lipinski definition) is 0. The molecule has 0 amide bonds. The number of rotatable bonds is 3. The summed E-state index contributed by atoms with van der Waals surface area (Å²) in [5.41, 5.74) is 0.552. The molecule has 0 aliphatic rings. The van der Waals surface area contributed by atoms with E-state index in [0.29, 0.717) is 5.69 Å². The number of halogens is 3. The van der Waals surface area contributed by atoms with Gasteiger partial charge in [0.2, 0.25) is 0 Å². The highest BCUT2D eigenvalue weighted by Crippen LogP contribution is 2.33. The SMILES string of the molecule is O=[N+]([O-])c1cc(Cl)cc(Cl)c1-n1ccc(CCl)n1. The molecule has 0 radical (unpaired) electrons. The van der Waals surface area contributed by atoms with Gasteiger partial charge in [-0.3, -0.25) is 10.1 Å². The molecule has 0 N–H and O–H groups in total. The molecule has 0 aliphatic carbocycles. The molecule has 2 rings (SSSR count). The molecule has 94 valence electrons. The van der Waals surface area contributed by atoms with Gasteiger partial charge in [0, 0.05) is 17.3 Å². The van der Waals surface area contributed by atoms with Gasteiger partial charge < -0.3 is 0 Å². The summed E-state index contributed by atoms with van der Waals surface area (Å²) < 4.78 is 1.31. The van der Waals surface area contributed by atoms with Crippen LogP contribution in [0.1, 0.15) is 5.69 Å². The number of aromatic nitrogens is 2. The van der Waals surface area contributed by atoms with Crippen molar-refractivity contribution in [2.75, 3.05) is 0 Å². The van der Waals surface area contributed by atoms with Gasteiger partial charge >= 0.3 is 0 Å². The lowest BCUT2D eigenvalue weighted by atomic mass is 10.2. The van der Waals surface area contributed by atoms with Crippen molar-refractivity contribution in [1.82, 2.24) is 9.78 Å². The maximum atomic E-state index is 11.0.